The van der Waals surface area contributed by atoms with E-state index in [0.29, 0.717) is 38.8 Å². The summed E-state index contributed by atoms with van der Waals surface area (Å²) < 4.78 is 12.4. The van der Waals surface area contributed by atoms with Gasteiger partial charge in [-0.1, -0.05) is 38.3 Å². The van der Waals surface area contributed by atoms with Gasteiger partial charge in [-0.25, -0.2) is 0 Å². The Morgan fingerprint density at radius 1 is 1.22 bits per heavy atom. The predicted octanol–water partition coefficient (Wildman–Crippen LogP) is 3.24. The Balaban J connectivity index is 1.73. The Bertz CT molecular complexity index is 901. The number of fused-ring (bicyclic) bond motifs is 1. The number of carbonyl (C=O) groups is 3. The molecule has 6 atom stereocenters. The average molecular weight is 517 g/mol. The van der Waals surface area contributed by atoms with Crippen molar-refractivity contribution in [3.63, 3.8) is 0 Å². The SMILES string of the molecule is C=CCCOC(=O)[C@@H]1[C@H]2C(=O)N(CCCCO)C(C(=O)N(CC=C)C3CCCCC3)C23CC(C)[C@@]1(C)O3. The van der Waals surface area contributed by atoms with Crippen molar-refractivity contribution in [2.45, 2.75) is 94.9 Å². The number of aliphatic hydroxyl groups excluding tert-OH is 1. The van der Waals surface area contributed by atoms with E-state index in [1.165, 1.54) is 6.42 Å². The number of aliphatic hydroxyl groups is 1. The molecule has 8 nitrogen and oxygen atoms in total. The zero-order chi connectivity index (χ0) is 26.8. The van der Waals surface area contributed by atoms with E-state index in [9.17, 15) is 19.5 Å². The highest BCUT2D eigenvalue weighted by atomic mass is 16.6. The van der Waals surface area contributed by atoms with Gasteiger partial charge in [-0.2, -0.15) is 0 Å². The van der Waals surface area contributed by atoms with Crippen LogP contribution in [-0.2, 0) is 23.9 Å². The molecule has 1 saturated carbocycles. The Morgan fingerprint density at radius 2 is 1.95 bits per heavy atom. The van der Waals surface area contributed by atoms with Gasteiger partial charge >= 0.3 is 5.97 Å². The van der Waals surface area contributed by atoms with Gasteiger partial charge in [0.2, 0.25) is 11.8 Å². The number of hydrogen-bond donors (Lipinski definition) is 1. The predicted molar refractivity (Wildman–Crippen MR) is 139 cm³/mol. The number of carbonyl (C=O) groups excluding carboxylic acids is 3. The summed E-state index contributed by atoms with van der Waals surface area (Å²) in [6, 6.07) is -0.698. The van der Waals surface area contributed by atoms with Gasteiger partial charge in [-0.15, -0.1) is 13.2 Å². The molecule has 8 heteroatoms. The van der Waals surface area contributed by atoms with Crippen LogP contribution in [0, 0.1) is 17.8 Å². The molecule has 3 unspecified atom stereocenters. The fourth-order valence-corrected chi connectivity index (χ4v) is 7.45. The van der Waals surface area contributed by atoms with Crippen molar-refractivity contribution in [2.24, 2.45) is 17.8 Å². The van der Waals surface area contributed by atoms with Crippen LogP contribution < -0.4 is 0 Å². The number of rotatable bonds is 12. The van der Waals surface area contributed by atoms with Crippen LogP contribution in [0.15, 0.2) is 25.3 Å². The van der Waals surface area contributed by atoms with Crippen molar-refractivity contribution in [2.75, 3.05) is 26.3 Å². The summed E-state index contributed by atoms with van der Waals surface area (Å²) in [4.78, 5) is 45.6. The van der Waals surface area contributed by atoms with E-state index in [2.05, 4.69) is 13.2 Å². The minimum atomic E-state index is -1.07. The zero-order valence-corrected chi connectivity index (χ0v) is 22.5. The molecule has 2 amide bonds. The first-order valence-corrected chi connectivity index (χ1v) is 14.1. The molecule has 3 aliphatic heterocycles. The van der Waals surface area contributed by atoms with Crippen LogP contribution in [0.25, 0.3) is 0 Å². The lowest BCUT2D eigenvalue weighted by Crippen LogP contribution is -2.58. The number of nitrogens with zero attached hydrogens (tertiary/aromatic N) is 2. The highest BCUT2D eigenvalue weighted by molar-refractivity contribution is 5.98. The quantitative estimate of drug-likeness (QED) is 0.243. The number of hydrogen-bond acceptors (Lipinski definition) is 6. The standard InChI is InChI=1S/C29H44N2O6/c1-5-7-18-36-27(35)23-22-25(33)31(16-11-12-17-32)24(29(22)19-20(3)28(23,4)37-29)26(34)30(15-6-2)21-13-9-8-10-14-21/h5-6,20-24,32H,1-2,7-19H2,3-4H3/t20?,22-,23-,24?,28+,29?/m0/s1. The Labute approximate surface area is 221 Å². The van der Waals surface area contributed by atoms with Gasteiger partial charge in [0.05, 0.1) is 18.1 Å². The van der Waals surface area contributed by atoms with Crippen molar-refractivity contribution in [3.8, 4) is 0 Å². The van der Waals surface area contributed by atoms with Gasteiger partial charge in [-0.05, 0) is 51.4 Å². The number of amides is 2. The fourth-order valence-electron chi connectivity index (χ4n) is 7.45. The van der Waals surface area contributed by atoms with Crippen molar-refractivity contribution >= 4 is 17.8 Å². The number of likely N-dealkylation sites (tertiary alicyclic amines) is 1. The molecule has 0 aromatic heterocycles. The molecule has 0 aromatic carbocycles. The summed E-state index contributed by atoms with van der Waals surface area (Å²) >= 11 is 0. The van der Waals surface area contributed by atoms with Gasteiger partial charge in [0.15, 0.2) is 0 Å². The smallest absolute Gasteiger partial charge is 0.312 e. The average Bonchev–Trinajstić information content (AvgIpc) is 3.39. The molecule has 0 aromatic rings. The highest BCUT2D eigenvalue weighted by Gasteiger charge is 2.80. The second kappa shape index (κ2) is 11.3. The molecule has 1 aliphatic carbocycles. The molecule has 3 saturated heterocycles. The van der Waals surface area contributed by atoms with E-state index in [0.717, 1.165) is 25.7 Å². The van der Waals surface area contributed by atoms with Crippen LogP contribution in [0.4, 0.5) is 0 Å². The molecule has 3 heterocycles. The van der Waals surface area contributed by atoms with Crippen LogP contribution in [0.5, 0.6) is 0 Å². The molecule has 4 aliphatic rings. The van der Waals surface area contributed by atoms with E-state index in [-0.39, 0.29) is 37.0 Å². The molecule has 37 heavy (non-hydrogen) atoms. The minimum absolute atomic E-state index is 0.0176. The van der Waals surface area contributed by atoms with Gasteiger partial charge in [0.25, 0.3) is 0 Å². The third-order valence-corrected chi connectivity index (χ3v) is 9.30. The molecule has 0 radical (unpaired) electrons. The maximum Gasteiger partial charge on any atom is 0.312 e. The molecule has 1 N–H and O–H groups in total. The van der Waals surface area contributed by atoms with Crippen LogP contribution in [0.2, 0.25) is 0 Å². The number of esters is 1. The topological polar surface area (TPSA) is 96.4 Å². The monoisotopic (exact) mass is 516 g/mol. The second-order valence-electron chi connectivity index (χ2n) is 11.5. The fraction of sp³-hybridized carbons (Fsp3) is 0.759. The molecule has 1 spiro atoms. The molecule has 2 bridgehead atoms. The van der Waals surface area contributed by atoms with Crippen LogP contribution >= 0.6 is 0 Å². The first-order valence-electron chi connectivity index (χ1n) is 14.1. The maximum atomic E-state index is 14.5. The lowest BCUT2D eigenvalue weighted by Gasteiger charge is -2.41. The van der Waals surface area contributed by atoms with Crippen molar-refractivity contribution in [3.05, 3.63) is 25.3 Å². The second-order valence-corrected chi connectivity index (χ2v) is 11.5. The summed E-state index contributed by atoms with van der Waals surface area (Å²) in [5.41, 5.74) is -1.95. The Morgan fingerprint density at radius 3 is 2.59 bits per heavy atom. The first-order chi connectivity index (χ1) is 17.8. The van der Waals surface area contributed by atoms with Crippen LogP contribution in [0.1, 0.15) is 71.6 Å². The van der Waals surface area contributed by atoms with Gasteiger partial charge in [0.1, 0.15) is 17.6 Å². The van der Waals surface area contributed by atoms with E-state index >= 15 is 0 Å². The zero-order valence-electron chi connectivity index (χ0n) is 22.5. The third-order valence-electron chi connectivity index (χ3n) is 9.30. The Kier molecular flexibility index (Phi) is 8.48. The number of unbranched alkanes of at least 4 members (excludes halogenated alkanes) is 1. The summed E-state index contributed by atoms with van der Waals surface area (Å²) in [5.74, 6) is -2.30. The van der Waals surface area contributed by atoms with E-state index in [1.54, 1.807) is 17.1 Å². The lowest BCUT2D eigenvalue weighted by molar-refractivity contribution is -0.162. The first kappa shape index (κ1) is 27.8. The van der Waals surface area contributed by atoms with Crippen LogP contribution in [-0.4, -0.2) is 82.3 Å². The highest BCUT2D eigenvalue weighted by Crippen LogP contribution is 2.65. The lowest BCUT2D eigenvalue weighted by atomic mass is 9.62. The Hall–Kier alpha value is -2.19. The molecule has 4 fully saturated rings. The van der Waals surface area contributed by atoms with Gasteiger partial charge < -0.3 is 24.4 Å². The summed E-state index contributed by atoms with van der Waals surface area (Å²) in [6.45, 7) is 12.5. The molecular weight excluding hydrogens is 472 g/mol. The summed E-state index contributed by atoms with van der Waals surface area (Å²) in [7, 11) is 0. The van der Waals surface area contributed by atoms with Gasteiger partial charge in [0, 0.05) is 25.7 Å². The van der Waals surface area contributed by atoms with Crippen molar-refractivity contribution in [1.29, 1.82) is 0 Å². The largest absolute Gasteiger partial charge is 0.465 e. The molecule has 4 rings (SSSR count). The number of ether oxygens (including phenoxy) is 2. The van der Waals surface area contributed by atoms with Crippen molar-refractivity contribution in [1.82, 2.24) is 9.80 Å². The van der Waals surface area contributed by atoms with Crippen molar-refractivity contribution < 1.29 is 29.0 Å². The van der Waals surface area contributed by atoms with E-state index in [4.69, 9.17) is 9.47 Å². The molecule has 206 valence electrons. The third kappa shape index (κ3) is 4.65. The van der Waals surface area contributed by atoms with E-state index in [1.807, 2.05) is 18.7 Å². The minimum Gasteiger partial charge on any atom is -0.465 e. The normalized spacial score (nSPS) is 34.9. The van der Waals surface area contributed by atoms with Crippen LogP contribution in [0.3, 0.4) is 0 Å². The molecular formula is C29H44N2O6. The van der Waals surface area contributed by atoms with Gasteiger partial charge in [-0.3, -0.25) is 14.4 Å². The summed E-state index contributed by atoms with van der Waals surface area (Å²) in [5, 5.41) is 9.38. The summed E-state index contributed by atoms with van der Waals surface area (Å²) in [6.07, 6.45) is 10.8. The van der Waals surface area contributed by atoms with E-state index < -0.39 is 35.0 Å². The maximum absolute atomic E-state index is 14.5.